The first-order valence-electron chi connectivity index (χ1n) is 8.88. The zero-order valence-electron chi connectivity index (χ0n) is 16.1. The van der Waals surface area contributed by atoms with Gasteiger partial charge in [-0.25, -0.2) is 9.79 Å². The van der Waals surface area contributed by atoms with Crippen molar-refractivity contribution in [1.29, 1.82) is 0 Å². The Morgan fingerprint density at radius 1 is 1.00 bits per heavy atom. The third kappa shape index (κ3) is 3.38. The number of carbonyl (C=O) groups is 1. The average Bonchev–Trinajstić information content (AvgIpc) is 3.30. The van der Waals surface area contributed by atoms with Crippen LogP contribution in [0, 0.1) is 6.92 Å². The first-order valence-corrected chi connectivity index (χ1v) is 8.88. The van der Waals surface area contributed by atoms with Crippen molar-refractivity contribution in [2.45, 2.75) is 6.92 Å². The number of cyclic esters (lactones) is 1. The number of aromatic nitrogens is 1. The van der Waals surface area contributed by atoms with Crippen molar-refractivity contribution < 1.29 is 23.5 Å². The molecule has 3 aromatic rings. The average molecular weight is 390 g/mol. The van der Waals surface area contributed by atoms with Crippen LogP contribution in [0.4, 0.5) is 0 Å². The smallest absolute Gasteiger partial charge is 0.363 e. The van der Waals surface area contributed by atoms with E-state index >= 15 is 0 Å². The van der Waals surface area contributed by atoms with Gasteiger partial charge < -0.3 is 18.7 Å². The molecule has 7 nitrogen and oxygen atoms in total. The van der Waals surface area contributed by atoms with Crippen LogP contribution in [0.1, 0.15) is 16.9 Å². The summed E-state index contributed by atoms with van der Waals surface area (Å²) in [5.41, 5.74) is 2.74. The number of esters is 1. The van der Waals surface area contributed by atoms with Crippen molar-refractivity contribution in [1.82, 2.24) is 5.16 Å². The Hall–Kier alpha value is -3.87. The molecule has 0 fully saturated rings. The van der Waals surface area contributed by atoms with Crippen LogP contribution < -0.4 is 9.47 Å². The number of methoxy groups -OCH3 is 2. The van der Waals surface area contributed by atoms with Crippen LogP contribution in [0.3, 0.4) is 0 Å². The van der Waals surface area contributed by atoms with E-state index in [9.17, 15) is 4.79 Å². The lowest BCUT2D eigenvalue weighted by Gasteiger charge is -2.09. The Labute approximate surface area is 167 Å². The Morgan fingerprint density at radius 3 is 2.52 bits per heavy atom. The highest BCUT2D eigenvalue weighted by atomic mass is 16.6. The number of aryl methyl sites for hydroxylation is 1. The normalized spacial score (nSPS) is 14.7. The summed E-state index contributed by atoms with van der Waals surface area (Å²) >= 11 is 0. The highest BCUT2D eigenvalue weighted by Crippen LogP contribution is 2.34. The molecule has 2 heterocycles. The number of aliphatic imine (C=N–C) groups is 1. The van der Waals surface area contributed by atoms with E-state index in [4.69, 9.17) is 18.7 Å². The van der Waals surface area contributed by atoms with E-state index in [-0.39, 0.29) is 11.6 Å². The summed E-state index contributed by atoms with van der Waals surface area (Å²) in [6.45, 7) is 1.75. The predicted molar refractivity (Wildman–Crippen MR) is 107 cm³/mol. The summed E-state index contributed by atoms with van der Waals surface area (Å²) in [6.07, 6.45) is 1.60. The molecule has 0 unspecified atom stereocenters. The summed E-state index contributed by atoms with van der Waals surface area (Å²) in [5.74, 6) is 1.16. The van der Waals surface area contributed by atoms with Gasteiger partial charge in [0.1, 0.15) is 17.0 Å². The van der Waals surface area contributed by atoms with Crippen LogP contribution in [0.5, 0.6) is 11.5 Å². The summed E-state index contributed by atoms with van der Waals surface area (Å²) in [7, 11) is 3.09. The van der Waals surface area contributed by atoms with Gasteiger partial charge in [0.15, 0.2) is 17.2 Å². The standard InChI is InChI=1S/C22H18N2O5/c1-13-18(19(24-29-13)14-8-5-4-6-9-14)21-23-16(22(25)28-21)12-15-10-7-11-17(26-2)20(15)27-3/h4-12H,1-3H3/b16-12-. The number of hydrogen-bond acceptors (Lipinski definition) is 7. The van der Waals surface area contributed by atoms with Gasteiger partial charge in [-0.1, -0.05) is 47.6 Å². The number of para-hydroxylation sites is 1. The van der Waals surface area contributed by atoms with Gasteiger partial charge in [0, 0.05) is 11.1 Å². The van der Waals surface area contributed by atoms with Crippen LogP contribution >= 0.6 is 0 Å². The molecule has 0 atom stereocenters. The Bertz CT molecular complexity index is 1130. The Balaban J connectivity index is 1.77. The van der Waals surface area contributed by atoms with E-state index < -0.39 is 5.97 Å². The third-order valence-corrected chi connectivity index (χ3v) is 4.47. The minimum absolute atomic E-state index is 0.145. The van der Waals surface area contributed by atoms with E-state index in [0.29, 0.717) is 34.1 Å². The largest absolute Gasteiger partial charge is 0.493 e. The second kappa shape index (κ2) is 7.63. The van der Waals surface area contributed by atoms with Crippen LogP contribution in [-0.4, -0.2) is 31.2 Å². The van der Waals surface area contributed by atoms with Crippen molar-refractivity contribution >= 4 is 17.9 Å². The fourth-order valence-electron chi connectivity index (χ4n) is 3.11. The Kier molecular flexibility index (Phi) is 4.87. The van der Waals surface area contributed by atoms with Crippen LogP contribution in [0.25, 0.3) is 17.3 Å². The molecule has 0 radical (unpaired) electrons. The van der Waals surface area contributed by atoms with Crippen molar-refractivity contribution in [3.05, 3.63) is 71.1 Å². The number of rotatable bonds is 5. The van der Waals surface area contributed by atoms with Crippen molar-refractivity contribution in [2.24, 2.45) is 4.99 Å². The zero-order chi connectivity index (χ0) is 20.4. The SMILES string of the molecule is COc1cccc(/C=C2\N=C(c3c(-c4ccccc4)noc3C)OC2=O)c1OC. The van der Waals surface area contributed by atoms with Gasteiger partial charge >= 0.3 is 5.97 Å². The molecular weight excluding hydrogens is 372 g/mol. The molecule has 29 heavy (non-hydrogen) atoms. The summed E-state index contributed by atoms with van der Waals surface area (Å²) in [5, 5.41) is 4.11. The van der Waals surface area contributed by atoms with Gasteiger partial charge in [-0.2, -0.15) is 0 Å². The zero-order valence-corrected chi connectivity index (χ0v) is 16.1. The molecule has 0 saturated heterocycles. The highest BCUT2D eigenvalue weighted by molar-refractivity contribution is 6.15. The van der Waals surface area contributed by atoms with E-state index in [1.165, 1.54) is 7.11 Å². The molecule has 1 aliphatic heterocycles. The van der Waals surface area contributed by atoms with Gasteiger partial charge in [0.05, 0.1) is 14.2 Å². The number of carbonyl (C=O) groups excluding carboxylic acids is 1. The molecule has 1 aliphatic rings. The van der Waals surface area contributed by atoms with E-state index in [0.717, 1.165) is 5.56 Å². The Morgan fingerprint density at radius 2 is 1.79 bits per heavy atom. The van der Waals surface area contributed by atoms with Gasteiger partial charge in [0.25, 0.3) is 0 Å². The predicted octanol–water partition coefficient (Wildman–Crippen LogP) is 4.01. The van der Waals surface area contributed by atoms with Crippen LogP contribution in [-0.2, 0) is 9.53 Å². The summed E-state index contributed by atoms with van der Waals surface area (Å²) in [4.78, 5) is 16.9. The lowest BCUT2D eigenvalue weighted by atomic mass is 10.1. The second-order valence-corrected chi connectivity index (χ2v) is 6.25. The van der Waals surface area contributed by atoms with Crippen molar-refractivity contribution in [3.8, 4) is 22.8 Å². The molecule has 1 aromatic heterocycles. The fraction of sp³-hybridized carbons (Fsp3) is 0.136. The van der Waals surface area contributed by atoms with Gasteiger partial charge in [0.2, 0.25) is 5.90 Å². The molecule has 4 rings (SSSR count). The van der Waals surface area contributed by atoms with E-state index in [2.05, 4.69) is 10.1 Å². The summed E-state index contributed by atoms with van der Waals surface area (Å²) in [6, 6.07) is 14.9. The molecule has 0 saturated carbocycles. The minimum Gasteiger partial charge on any atom is -0.493 e. The van der Waals surface area contributed by atoms with E-state index in [1.807, 2.05) is 30.3 Å². The molecule has 0 aliphatic carbocycles. The number of benzene rings is 2. The molecule has 0 bridgehead atoms. The molecule has 0 spiro atoms. The molecule has 146 valence electrons. The first-order chi connectivity index (χ1) is 14.1. The quantitative estimate of drug-likeness (QED) is 0.483. The van der Waals surface area contributed by atoms with Crippen molar-refractivity contribution in [3.63, 3.8) is 0 Å². The van der Waals surface area contributed by atoms with Crippen LogP contribution in [0.2, 0.25) is 0 Å². The molecule has 0 N–H and O–H groups in total. The minimum atomic E-state index is -0.565. The fourth-order valence-corrected chi connectivity index (χ4v) is 3.11. The van der Waals surface area contributed by atoms with Gasteiger partial charge in [-0.3, -0.25) is 0 Å². The molecule has 2 aromatic carbocycles. The maximum absolute atomic E-state index is 12.5. The van der Waals surface area contributed by atoms with Crippen molar-refractivity contribution in [2.75, 3.05) is 14.2 Å². The molecular formula is C22H18N2O5. The molecule has 0 amide bonds. The van der Waals surface area contributed by atoms with E-state index in [1.54, 1.807) is 38.3 Å². The maximum Gasteiger partial charge on any atom is 0.363 e. The number of ether oxygens (including phenoxy) is 3. The number of hydrogen-bond donors (Lipinski definition) is 0. The first kappa shape index (κ1) is 18.5. The lowest BCUT2D eigenvalue weighted by Crippen LogP contribution is -2.07. The highest BCUT2D eigenvalue weighted by Gasteiger charge is 2.30. The second-order valence-electron chi connectivity index (χ2n) is 6.25. The number of nitrogens with zero attached hydrogens (tertiary/aromatic N) is 2. The molecule has 7 heteroatoms. The van der Waals surface area contributed by atoms with Crippen LogP contribution in [0.15, 0.2) is 63.7 Å². The van der Waals surface area contributed by atoms with Gasteiger partial charge in [-0.15, -0.1) is 0 Å². The van der Waals surface area contributed by atoms with Gasteiger partial charge in [-0.05, 0) is 19.1 Å². The lowest BCUT2D eigenvalue weighted by molar-refractivity contribution is -0.129. The summed E-state index contributed by atoms with van der Waals surface area (Å²) < 4.78 is 21.5. The third-order valence-electron chi connectivity index (χ3n) is 4.47. The monoisotopic (exact) mass is 390 g/mol. The maximum atomic E-state index is 12.5. The topological polar surface area (TPSA) is 83.2 Å².